The predicted molar refractivity (Wildman–Crippen MR) is 235 cm³/mol. The predicted octanol–water partition coefficient (Wildman–Crippen LogP) is 14.5. The Hall–Kier alpha value is -6.96. The van der Waals surface area contributed by atoms with Crippen molar-refractivity contribution in [3.63, 3.8) is 0 Å². The lowest BCUT2D eigenvalue weighted by Gasteiger charge is -2.43. The average molecular weight is 715 g/mol. The Labute approximate surface area is 327 Å². The van der Waals surface area contributed by atoms with Gasteiger partial charge in [0.2, 0.25) is 0 Å². The van der Waals surface area contributed by atoms with Gasteiger partial charge in [0.05, 0.1) is 0 Å². The van der Waals surface area contributed by atoms with Crippen LogP contribution >= 0.6 is 0 Å². The van der Waals surface area contributed by atoms with E-state index >= 15 is 0 Å². The smallest absolute Gasteiger partial charge is 0.140 e. The van der Waals surface area contributed by atoms with Gasteiger partial charge in [-0.25, -0.2) is 0 Å². The molecule has 11 rings (SSSR count). The lowest BCUT2D eigenvalue weighted by atomic mass is 9.62. The van der Waals surface area contributed by atoms with Crippen molar-refractivity contribution in [2.45, 2.75) is 18.3 Å². The van der Waals surface area contributed by atoms with Gasteiger partial charge in [0.1, 0.15) is 11.5 Å². The number of fused-ring (bicyclic) bond motifs is 12. The summed E-state index contributed by atoms with van der Waals surface area (Å²) >= 11 is 0. The van der Waals surface area contributed by atoms with E-state index in [1.54, 1.807) is 0 Å². The number of hydrogen-bond acceptors (Lipinski definition) is 1. The van der Waals surface area contributed by atoms with E-state index in [4.69, 9.17) is 4.74 Å². The van der Waals surface area contributed by atoms with Crippen LogP contribution in [0.25, 0.3) is 65.3 Å². The van der Waals surface area contributed by atoms with Gasteiger partial charge < -0.3 is 4.74 Å². The summed E-state index contributed by atoms with van der Waals surface area (Å²) in [6.45, 7) is 0. The van der Waals surface area contributed by atoms with Crippen molar-refractivity contribution < 1.29 is 4.74 Å². The molecule has 0 saturated heterocycles. The third kappa shape index (κ3) is 5.16. The summed E-state index contributed by atoms with van der Waals surface area (Å²) in [7, 11) is 0. The minimum Gasteiger partial charge on any atom is -0.455 e. The summed E-state index contributed by atoms with van der Waals surface area (Å²) in [6.07, 6.45) is 1.58. The van der Waals surface area contributed by atoms with Crippen LogP contribution in [-0.2, 0) is 18.3 Å². The van der Waals surface area contributed by atoms with Crippen LogP contribution in [-0.4, -0.2) is 0 Å². The molecule has 0 aromatic heterocycles. The van der Waals surface area contributed by atoms with Crippen molar-refractivity contribution in [3.05, 3.63) is 229 Å². The first-order chi connectivity index (χ1) is 27.7. The Balaban J connectivity index is 1.25. The largest absolute Gasteiger partial charge is 0.455 e. The zero-order valence-electron chi connectivity index (χ0n) is 31.0. The topological polar surface area (TPSA) is 9.23 Å². The average Bonchev–Trinajstić information content (AvgIpc) is 3.27. The number of rotatable bonds is 6. The molecule has 1 aliphatic heterocycles. The zero-order valence-corrected chi connectivity index (χ0v) is 31.0. The molecular formula is C55H38O. The molecule has 0 fully saturated rings. The first kappa shape index (κ1) is 32.5. The van der Waals surface area contributed by atoms with Gasteiger partial charge in [0.25, 0.3) is 0 Å². The van der Waals surface area contributed by atoms with Gasteiger partial charge in [-0.2, -0.15) is 0 Å². The first-order valence-electron chi connectivity index (χ1n) is 19.6. The molecule has 1 nitrogen and oxygen atoms in total. The van der Waals surface area contributed by atoms with E-state index < -0.39 is 5.41 Å². The van der Waals surface area contributed by atoms with Crippen LogP contribution in [0, 0.1) is 0 Å². The maximum atomic E-state index is 7.50. The van der Waals surface area contributed by atoms with Crippen LogP contribution in [0.15, 0.2) is 206 Å². The van der Waals surface area contributed by atoms with Crippen molar-refractivity contribution in [1.82, 2.24) is 0 Å². The quantitative estimate of drug-likeness (QED) is 0.156. The van der Waals surface area contributed by atoms with E-state index in [2.05, 4.69) is 206 Å². The maximum absolute atomic E-state index is 7.50. The Morgan fingerprint density at radius 1 is 0.268 bits per heavy atom. The molecule has 1 heteroatoms. The molecule has 0 spiro atoms. The molecule has 1 heterocycles. The second-order valence-electron chi connectivity index (χ2n) is 15.3. The van der Waals surface area contributed by atoms with Crippen LogP contribution in [0.1, 0.15) is 22.3 Å². The van der Waals surface area contributed by atoms with Crippen LogP contribution in [0.4, 0.5) is 0 Å². The van der Waals surface area contributed by atoms with E-state index in [0.717, 1.165) is 35.1 Å². The standard InChI is InChI=1S/C55H38O/c1-3-15-39(16-4-1)41-31-27-37(28-32-41)35-55(36-38-29-33-42(34-30-38)40-17-5-2-6-18-40)51-47-23-11-7-19-43(47)45-21-9-13-25-49(45)53(51)56-54-50-26-14-10-22-46(50)44-20-8-12-24-48(44)52(54)55/h1-34H,35-36H2. The lowest BCUT2D eigenvalue weighted by molar-refractivity contribution is 0.399. The highest BCUT2D eigenvalue weighted by Gasteiger charge is 2.46. The van der Waals surface area contributed by atoms with Gasteiger partial charge in [0, 0.05) is 27.3 Å². The summed E-state index contributed by atoms with van der Waals surface area (Å²) in [5.74, 6) is 1.93. The molecule has 0 atom stereocenters. The van der Waals surface area contributed by atoms with E-state index in [1.807, 2.05) is 0 Å². The molecule has 10 aromatic carbocycles. The van der Waals surface area contributed by atoms with Crippen LogP contribution in [0.5, 0.6) is 11.5 Å². The van der Waals surface area contributed by atoms with E-state index in [-0.39, 0.29) is 0 Å². The molecule has 56 heavy (non-hydrogen) atoms. The number of benzene rings is 10. The molecule has 0 aliphatic carbocycles. The van der Waals surface area contributed by atoms with E-state index in [0.29, 0.717) is 0 Å². The minimum absolute atomic E-state index is 0.515. The van der Waals surface area contributed by atoms with Gasteiger partial charge in [0.15, 0.2) is 0 Å². The third-order valence-electron chi connectivity index (χ3n) is 12.1. The normalized spacial score (nSPS) is 13.1. The number of ether oxygens (including phenoxy) is 1. The molecule has 0 N–H and O–H groups in total. The van der Waals surface area contributed by atoms with Crippen LogP contribution in [0.3, 0.4) is 0 Å². The summed E-state index contributed by atoms with van der Waals surface area (Å²) in [5, 5.41) is 9.70. The molecule has 1 aliphatic rings. The van der Waals surface area contributed by atoms with Gasteiger partial charge in [-0.05, 0) is 78.5 Å². The van der Waals surface area contributed by atoms with E-state index in [9.17, 15) is 0 Å². The molecule has 0 bridgehead atoms. The second kappa shape index (κ2) is 13.1. The second-order valence-corrected chi connectivity index (χ2v) is 15.3. The van der Waals surface area contributed by atoms with Crippen molar-refractivity contribution in [3.8, 4) is 33.8 Å². The van der Waals surface area contributed by atoms with Crippen LogP contribution < -0.4 is 4.74 Å². The third-order valence-corrected chi connectivity index (χ3v) is 12.1. The van der Waals surface area contributed by atoms with Crippen molar-refractivity contribution in [2.24, 2.45) is 0 Å². The SMILES string of the molecule is c1ccc(-c2ccc(CC3(Cc4ccc(-c5ccccc5)cc4)c4c(c5ccccc5c5ccccc45)Oc4c3c3ccccc3c3ccccc43)cc2)cc1. The van der Waals surface area contributed by atoms with Crippen LogP contribution in [0.2, 0.25) is 0 Å². The van der Waals surface area contributed by atoms with Crippen molar-refractivity contribution in [2.75, 3.05) is 0 Å². The van der Waals surface area contributed by atoms with E-state index in [1.165, 1.54) is 76.8 Å². The van der Waals surface area contributed by atoms with Gasteiger partial charge in [-0.15, -0.1) is 0 Å². The lowest BCUT2D eigenvalue weighted by Crippen LogP contribution is -2.37. The summed E-state index contributed by atoms with van der Waals surface area (Å²) in [6, 6.07) is 75.5. The maximum Gasteiger partial charge on any atom is 0.140 e. The monoisotopic (exact) mass is 714 g/mol. The number of hydrogen-bond donors (Lipinski definition) is 0. The molecule has 0 amide bonds. The molecule has 264 valence electrons. The summed E-state index contributed by atoms with van der Waals surface area (Å²) < 4.78 is 7.50. The molecule has 0 radical (unpaired) electrons. The highest BCUT2D eigenvalue weighted by molar-refractivity contribution is 6.17. The first-order valence-corrected chi connectivity index (χ1v) is 19.6. The summed E-state index contributed by atoms with van der Waals surface area (Å²) in [4.78, 5) is 0. The Morgan fingerprint density at radius 3 is 0.929 bits per heavy atom. The minimum atomic E-state index is -0.515. The fraction of sp³-hybridized carbons (Fsp3) is 0.0545. The Kier molecular flexibility index (Phi) is 7.60. The Bertz CT molecular complexity index is 2860. The fourth-order valence-corrected chi connectivity index (χ4v) is 9.61. The summed E-state index contributed by atoms with van der Waals surface area (Å²) in [5.41, 5.74) is 9.49. The van der Waals surface area contributed by atoms with Gasteiger partial charge >= 0.3 is 0 Å². The Morgan fingerprint density at radius 2 is 0.554 bits per heavy atom. The molecule has 0 saturated carbocycles. The molecule has 10 aromatic rings. The highest BCUT2D eigenvalue weighted by atomic mass is 16.5. The zero-order chi connectivity index (χ0) is 37.1. The van der Waals surface area contributed by atoms with Crippen molar-refractivity contribution in [1.29, 1.82) is 0 Å². The van der Waals surface area contributed by atoms with Gasteiger partial charge in [-0.3, -0.25) is 0 Å². The molecular weight excluding hydrogens is 677 g/mol. The highest BCUT2D eigenvalue weighted by Crippen LogP contribution is 2.60. The van der Waals surface area contributed by atoms with Gasteiger partial charge in [-0.1, -0.05) is 206 Å². The molecule has 0 unspecified atom stereocenters. The van der Waals surface area contributed by atoms with Crippen molar-refractivity contribution >= 4 is 43.1 Å². The fourth-order valence-electron chi connectivity index (χ4n) is 9.61.